The number of fused-ring (bicyclic) bond motifs is 1. The fraction of sp³-hybridized carbons (Fsp3) is 0.188. The van der Waals surface area contributed by atoms with Crippen molar-refractivity contribution in [2.24, 2.45) is 0 Å². The van der Waals surface area contributed by atoms with Crippen LogP contribution in [0.25, 0.3) is 0 Å². The number of urea groups is 1. The van der Waals surface area contributed by atoms with Gasteiger partial charge in [-0.2, -0.15) is 0 Å². The number of ether oxygens (including phenoxy) is 1. The van der Waals surface area contributed by atoms with Crippen LogP contribution in [-0.2, 0) is 4.74 Å². The molecule has 6 nitrogen and oxygen atoms in total. The molecule has 118 valence electrons. The van der Waals surface area contributed by atoms with Crippen molar-refractivity contribution in [2.45, 2.75) is 5.03 Å². The summed E-state index contributed by atoms with van der Waals surface area (Å²) in [4.78, 5) is 30.0. The molecule has 2 amide bonds. The number of carbonyl (C=O) groups is 2. The van der Waals surface area contributed by atoms with E-state index in [2.05, 4.69) is 15.0 Å². The molecular weight excluding hydrogens is 314 g/mol. The second-order valence-corrected chi connectivity index (χ2v) is 5.91. The third-order valence-corrected chi connectivity index (χ3v) is 4.35. The van der Waals surface area contributed by atoms with Gasteiger partial charge in [0.25, 0.3) is 0 Å². The minimum atomic E-state index is -0.440. The van der Waals surface area contributed by atoms with E-state index in [0.29, 0.717) is 17.8 Å². The topological polar surface area (TPSA) is 71.5 Å². The van der Waals surface area contributed by atoms with E-state index in [1.807, 2.05) is 12.1 Å². The Morgan fingerprint density at radius 1 is 1.30 bits per heavy atom. The van der Waals surface area contributed by atoms with Crippen LogP contribution in [-0.4, -0.2) is 36.4 Å². The molecule has 3 rings (SSSR count). The summed E-state index contributed by atoms with van der Waals surface area (Å²) < 4.78 is 4.69. The number of thioether (sulfide) groups is 1. The van der Waals surface area contributed by atoms with Crippen LogP contribution in [0, 0.1) is 0 Å². The highest BCUT2D eigenvalue weighted by molar-refractivity contribution is 7.99. The van der Waals surface area contributed by atoms with Crippen LogP contribution in [0.2, 0.25) is 0 Å². The highest BCUT2D eigenvalue weighted by Gasteiger charge is 2.23. The summed E-state index contributed by atoms with van der Waals surface area (Å²) in [6, 6.07) is 10.1. The molecule has 1 aromatic heterocycles. The lowest BCUT2D eigenvalue weighted by Crippen LogP contribution is -2.38. The van der Waals surface area contributed by atoms with Gasteiger partial charge >= 0.3 is 12.0 Å². The molecule has 0 saturated carbocycles. The van der Waals surface area contributed by atoms with E-state index < -0.39 is 5.97 Å². The van der Waals surface area contributed by atoms with Gasteiger partial charge in [-0.3, -0.25) is 4.90 Å². The number of anilines is 2. The molecule has 0 aliphatic carbocycles. The Hall–Kier alpha value is -2.54. The van der Waals surface area contributed by atoms with Crippen molar-refractivity contribution in [3.8, 4) is 0 Å². The van der Waals surface area contributed by atoms with Gasteiger partial charge in [-0.1, -0.05) is 6.07 Å². The van der Waals surface area contributed by atoms with E-state index in [0.717, 1.165) is 16.5 Å². The molecule has 0 radical (unpaired) electrons. The molecule has 1 aliphatic rings. The quantitative estimate of drug-likeness (QED) is 0.858. The maximum atomic E-state index is 12.5. The van der Waals surface area contributed by atoms with Crippen LogP contribution in [0.5, 0.6) is 0 Å². The van der Waals surface area contributed by atoms with Crippen LogP contribution in [0.4, 0.5) is 16.2 Å². The Balaban J connectivity index is 1.79. The van der Waals surface area contributed by atoms with E-state index in [1.165, 1.54) is 7.11 Å². The number of aromatic nitrogens is 1. The van der Waals surface area contributed by atoms with E-state index in [-0.39, 0.29) is 6.03 Å². The van der Waals surface area contributed by atoms with E-state index in [9.17, 15) is 9.59 Å². The number of rotatable bonds is 2. The molecule has 7 heteroatoms. The first-order valence-electron chi connectivity index (χ1n) is 7.04. The number of hydrogen-bond donors (Lipinski definition) is 1. The molecule has 0 saturated heterocycles. The van der Waals surface area contributed by atoms with Gasteiger partial charge < -0.3 is 10.1 Å². The number of nitrogens with zero attached hydrogens (tertiary/aromatic N) is 2. The summed E-state index contributed by atoms with van der Waals surface area (Å²) in [6.45, 7) is 0.603. The van der Waals surface area contributed by atoms with Crippen molar-refractivity contribution < 1.29 is 14.3 Å². The minimum Gasteiger partial charge on any atom is -0.465 e. The summed E-state index contributed by atoms with van der Waals surface area (Å²) >= 11 is 1.63. The minimum absolute atomic E-state index is 0.249. The van der Waals surface area contributed by atoms with Gasteiger partial charge in [0, 0.05) is 24.2 Å². The van der Waals surface area contributed by atoms with Gasteiger partial charge in [0.2, 0.25) is 0 Å². The van der Waals surface area contributed by atoms with Crippen LogP contribution in [0.1, 0.15) is 10.4 Å². The van der Waals surface area contributed by atoms with Gasteiger partial charge in [-0.15, -0.1) is 11.8 Å². The lowest BCUT2D eigenvalue weighted by Gasteiger charge is -2.28. The predicted molar refractivity (Wildman–Crippen MR) is 89.1 cm³/mol. The summed E-state index contributed by atoms with van der Waals surface area (Å²) in [5, 5.41) is 3.66. The standard InChI is InChI=1S/C16H15N3O3S/c1-22-15(20)11-4-2-5-12(10-11)18-16(21)19-8-9-23-14-13(19)6-3-7-17-14/h2-7,10H,8-9H2,1H3,(H,18,21). The number of hydrogen-bond acceptors (Lipinski definition) is 5. The van der Waals surface area contributed by atoms with Crippen molar-refractivity contribution in [1.82, 2.24) is 4.98 Å². The lowest BCUT2D eigenvalue weighted by atomic mass is 10.2. The van der Waals surface area contributed by atoms with Crippen LogP contribution >= 0.6 is 11.8 Å². The molecule has 1 aromatic carbocycles. The van der Waals surface area contributed by atoms with Gasteiger partial charge in [0.1, 0.15) is 5.03 Å². The molecule has 0 fully saturated rings. The summed E-state index contributed by atoms with van der Waals surface area (Å²) in [7, 11) is 1.32. The van der Waals surface area contributed by atoms with Gasteiger partial charge in [0.05, 0.1) is 18.4 Å². The third-order valence-electron chi connectivity index (χ3n) is 3.38. The summed E-state index contributed by atoms with van der Waals surface area (Å²) in [5.74, 6) is 0.352. The summed E-state index contributed by atoms with van der Waals surface area (Å²) in [5.41, 5.74) is 1.73. The van der Waals surface area contributed by atoms with Crippen molar-refractivity contribution >= 4 is 35.1 Å². The molecule has 0 spiro atoms. The Labute approximate surface area is 137 Å². The Morgan fingerprint density at radius 2 is 2.17 bits per heavy atom. The molecule has 23 heavy (non-hydrogen) atoms. The zero-order chi connectivity index (χ0) is 16.2. The average molecular weight is 329 g/mol. The largest absolute Gasteiger partial charge is 0.465 e. The third kappa shape index (κ3) is 3.29. The molecular formula is C16H15N3O3S. The van der Waals surface area contributed by atoms with Gasteiger partial charge in [-0.25, -0.2) is 14.6 Å². The molecule has 2 aromatic rings. The molecule has 0 bridgehead atoms. The van der Waals surface area contributed by atoms with E-state index >= 15 is 0 Å². The number of nitrogens with one attached hydrogen (secondary N) is 1. The van der Waals surface area contributed by atoms with Crippen molar-refractivity contribution in [3.05, 3.63) is 48.2 Å². The Morgan fingerprint density at radius 3 is 3.00 bits per heavy atom. The predicted octanol–water partition coefficient (Wildman–Crippen LogP) is 3.01. The van der Waals surface area contributed by atoms with Crippen molar-refractivity contribution in [2.75, 3.05) is 29.6 Å². The second kappa shape index (κ2) is 6.70. The second-order valence-electron chi connectivity index (χ2n) is 4.83. The molecule has 0 atom stereocenters. The van der Waals surface area contributed by atoms with Crippen molar-refractivity contribution in [1.29, 1.82) is 0 Å². The van der Waals surface area contributed by atoms with Gasteiger partial charge in [0.15, 0.2) is 0 Å². The first-order valence-corrected chi connectivity index (χ1v) is 8.02. The number of pyridine rings is 1. The lowest BCUT2D eigenvalue weighted by molar-refractivity contribution is 0.0600. The fourth-order valence-corrected chi connectivity index (χ4v) is 3.23. The maximum Gasteiger partial charge on any atom is 0.337 e. The number of benzene rings is 1. The van der Waals surface area contributed by atoms with E-state index in [1.54, 1.807) is 47.1 Å². The molecule has 1 aliphatic heterocycles. The zero-order valence-corrected chi connectivity index (χ0v) is 13.3. The SMILES string of the molecule is COC(=O)c1cccc(NC(=O)N2CCSc3ncccc32)c1. The molecule has 0 unspecified atom stereocenters. The first-order chi connectivity index (χ1) is 11.2. The number of carbonyl (C=O) groups excluding carboxylic acids is 2. The highest BCUT2D eigenvalue weighted by Crippen LogP contribution is 2.32. The smallest absolute Gasteiger partial charge is 0.337 e. The Bertz CT molecular complexity index is 751. The van der Waals surface area contributed by atoms with Crippen LogP contribution < -0.4 is 10.2 Å². The van der Waals surface area contributed by atoms with E-state index in [4.69, 9.17) is 0 Å². The zero-order valence-electron chi connectivity index (χ0n) is 12.5. The normalized spacial score (nSPS) is 13.2. The maximum absolute atomic E-state index is 12.5. The van der Waals surface area contributed by atoms with Gasteiger partial charge in [-0.05, 0) is 30.3 Å². The monoisotopic (exact) mass is 329 g/mol. The average Bonchev–Trinajstić information content (AvgIpc) is 2.60. The first kappa shape index (κ1) is 15.4. The fourth-order valence-electron chi connectivity index (χ4n) is 2.30. The van der Waals surface area contributed by atoms with Crippen LogP contribution in [0.15, 0.2) is 47.6 Å². The molecule has 2 heterocycles. The number of amides is 2. The molecule has 1 N–H and O–H groups in total. The van der Waals surface area contributed by atoms with Crippen LogP contribution in [0.3, 0.4) is 0 Å². The Kier molecular flexibility index (Phi) is 4.47. The van der Waals surface area contributed by atoms with Crippen molar-refractivity contribution in [3.63, 3.8) is 0 Å². The summed E-state index contributed by atoms with van der Waals surface area (Å²) in [6.07, 6.45) is 1.72. The highest BCUT2D eigenvalue weighted by atomic mass is 32.2. The number of methoxy groups -OCH3 is 1. The number of esters is 1.